The summed E-state index contributed by atoms with van der Waals surface area (Å²) in [6.45, 7) is 2.33. The van der Waals surface area contributed by atoms with E-state index in [1.165, 1.54) is 24.3 Å². The Morgan fingerprint density at radius 1 is 1.08 bits per heavy atom. The molecule has 0 aliphatic carbocycles. The zero-order valence-corrected chi connectivity index (χ0v) is 13.5. The number of nitro benzene ring substituents is 1. The van der Waals surface area contributed by atoms with Crippen molar-refractivity contribution in [1.29, 1.82) is 0 Å². The predicted octanol–water partition coefficient (Wildman–Crippen LogP) is 3.08. The number of rotatable bonds is 2. The van der Waals surface area contributed by atoms with Crippen LogP contribution in [0.5, 0.6) is 0 Å². The predicted molar refractivity (Wildman–Crippen MR) is 92.2 cm³/mol. The largest absolute Gasteiger partial charge is 0.308 e. The number of amides is 1. The molecule has 0 saturated carbocycles. The zero-order valence-electron chi connectivity index (χ0n) is 13.5. The number of carbonyl (C=O) groups is 1. The van der Waals surface area contributed by atoms with Gasteiger partial charge in [0.1, 0.15) is 0 Å². The van der Waals surface area contributed by atoms with Crippen LogP contribution in [0.3, 0.4) is 0 Å². The van der Waals surface area contributed by atoms with Crippen molar-refractivity contribution in [3.63, 3.8) is 0 Å². The van der Waals surface area contributed by atoms with Crippen LogP contribution in [0.1, 0.15) is 22.3 Å². The number of fused-ring (bicyclic) bond motifs is 1. The van der Waals surface area contributed by atoms with E-state index in [2.05, 4.69) is 11.9 Å². The fourth-order valence-electron chi connectivity index (χ4n) is 2.99. The lowest BCUT2D eigenvalue weighted by atomic mass is 10.1. The number of hydrogen-bond donors (Lipinski definition) is 0. The molecule has 0 bridgehead atoms. The van der Waals surface area contributed by atoms with Crippen molar-refractivity contribution in [1.82, 2.24) is 4.90 Å². The van der Waals surface area contributed by atoms with Crippen molar-refractivity contribution in [2.45, 2.75) is 13.0 Å². The van der Waals surface area contributed by atoms with Gasteiger partial charge in [-0.25, -0.2) is 0 Å². The van der Waals surface area contributed by atoms with Crippen LogP contribution in [0.25, 0.3) is 0 Å². The molecule has 2 aromatic rings. The number of benzene rings is 2. The standard InChI is InChI=1S/C18H19N3O3/c1-19-11-4-12-20(17-6-3-2-5-15(17)13-19)18(22)14-7-9-16(10-8-14)21(23)24/h2-3,5-10H,4,11-13H2,1H3. The highest BCUT2D eigenvalue weighted by Crippen LogP contribution is 2.26. The minimum absolute atomic E-state index is 0.0127. The molecule has 1 heterocycles. The highest BCUT2D eigenvalue weighted by molar-refractivity contribution is 6.06. The summed E-state index contributed by atoms with van der Waals surface area (Å²) >= 11 is 0. The summed E-state index contributed by atoms with van der Waals surface area (Å²) in [4.78, 5) is 27.3. The van der Waals surface area contributed by atoms with Gasteiger partial charge in [-0.05, 0) is 43.8 Å². The first-order chi connectivity index (χ1) is 11.6. The highest BCUT2D eigenvalue weighted by Gasteiger charge is 2.22. The monoisotopic (exact) mass is 325 g/mol. The Morgan fingerprint density at radius 3 is 2.50 bits per heavy atom. The highest BCUT2D eigenvalue weighted by atomic mass is 16.6. The number of para-hydroxylation sites is 1. The van der Waals surface area contributed by atoms with Gasteiger partial charge in [0.25, 0.3) is 11.6 Å². The molecule has 0 radical (unpaired) electrons. The summed E-state index contributed by atoms with van der Waals surface area (Å²) in [6, 6.07) is 13.7. The van der Waals surface area contributed by atoms with Crippen LogP contribution in [0.15, 0.2) is 48.5 Å². The zero-order chi connectivity index (χ0) is 17.1. The summed E-state index contributed by atoms with van der Waals surface area (Å²) in [7, 11) is 2.07. The third-order valence-corrected chi connectivity index (χ3v) is 4.21. The molecule has 0 aromatic heterocycles. The fraction of sp³-hybridized carbons (Fsp3) is 0.278. The van der Waals surface area contributed by atoms with Gasteiger partial charge in [0, 0.05) is 36.5 Å². The van der Waals surface area contributed by atoms with E-state index >= 15 is 0 Å². The molecule has 0 spiro atoms. The summed E-state index contributed by atoms with van der Waals surface area (Å²) in [5.41, 5.74) is 2.47. The Labute approximate surface area is 140 Å². The van der Waals surface area contributed by atoms with E-state index in [0.717, 1.165) is 30.8 Å². The first kappa shape index (κ1) is 16.1. The van der Waals surface area contributed by atoms with Gasteiger partial charge in [-0.2, -0.15) is 0 Å². The summed E-state index contributed by atoms with van der Waals surface area (Å²) in [5.74, 6) is -0.123. The lowest BCUT2D eigenvalue weighted by Crippen LogP contribution is -2.37. The van der Waals surface area contributed by atoms with Crippen molar-refractivity contribution >= 4 is 17.3 Å². The molecule has 6 heteroatoms. The molecule has 0 fully saturated rings. The molecule has 6 nitrogen and oxygen atoms in total. The topological polar surface area (TPSA) is 66.7 Å². The van der Waals surface area contributed by atoms with E-state index < -0.39 is 4.92 Å². The average molecular weight is 325 g/mol. The minimum atomic E-state index is -0.463. The number of nitrogens with zero attached hydrogens (tertiary/aromatic N) is 3. The number of carbonyl (C=O) groups excluding carboxylic acids is 1. The van der Waals surface area contributed by atoms with Crippen LogP contribution in [0.2, 0.25) is 0 Å². The Balaban J connectivity index is 1.93. The Hall–Kier alpha value is -2.73. The number of nitro groups is 1. The Morgan fingerprint density at radius 2 is 1.79 bits per heavy atom. The third kappa shape index (κ3) is 3.28. The van der Waals surface area contributed by atoms with Crippen LogP contribution < -0.4 is 4.90 Å². The first-order valence-electron chi connectivity index (χ1n) is 7.89. The molecule has 3 rings (SSSR count). The van der Waals surface area contributed by atoms with E-state index in [1.54, 1.807) is 4.90 Å². The van der Waals surface area contributed by atoms with Gasteiger partial charge in [0.15, 0.2) is 0 Å². The second kappa shape index (κ2) is 6.80. The maximum absolute atomic E-state index is 12.9. The van der Waals surface area contributed by atoms with Crippen LogP contribution in [0, 0.1) is 10.1 Å². The van der Waals surface area contributed by atoms with Gasteiger partial charge in [-0.15, -0.1) is 0 Å². The maximum Gasteiger partial charge on any atom is 0.269 e. The molecule has 1 amide bonds. The van der Waals surface area contributed by atoms with E-state index in [9.17, 15) is 14.9 Å². The quantitative estimate of drug-likeness (QED) is 0.628. The van der Waals surface area contributed by atoms with Gasteiger partial charge >= 0.3 is 0 Å². The van der Waals surface area contributed by atoms with Gasteiger partial charge in [-0.3, -0.25) is 14.9 Å². The van der Waals surface area contributed by atoms with Crippen molar-refractivity contribution < 1.29 is 9.72 Å². The lowest BCUT2D eigenvalue weighted by Gasteiger charge is -2.30. The summed E-state index contributed by atoms with van der Waals surface area (Å²) < 4.78 is 0. The maximum atomic E-state index is 12.9. The van der Waals surface area contributed by atoms with Gasteiger partial charge in [-0.1, -0.05) is 18.2 Å². The first-order valence-corrected chi connectivity index (χ1v) is 7.89. The second-order valence-electron chi connectivity index (χ2n) is 5.98. The smallest absolute Gasteiger partial charge is 0.269 e. The number of hydrogen-bond acceptors (Lipinski definition) is 4. The summed E-state index contributed by atoms with van der Waals surface area (Å²) in [6.07, 6.45) is 0.879. The molecule has 1 aliphatic rings. The molecule has 24 heavy (non-hydrogen) atoms. The van der Waals surface area contributed by atoms with Crippen LogP contribution >= 0.6 is 0 Å². The minimum Gasteiger partial charge on any atom is -0.308 e. The molecular weight excluding hydrogens is 306 g/mol. The van der Waals surface area contributed by atoms with E-state index in [-0.39, 0.29) is 11.6 Å². The van der Waals surface area contributed by atoms with E-state index in [1.807, 2.05) is 24.3 Å². The third-order valence-electron chi connectivity index (χ3n) is 4.21. The van der Waals surface area contributed by atoms with Gasteiger partial charge < -0.3 is 9.80 Å². The number of non-ortho nitro benzene ring substituents is 1. The van der Waals surface area contributed by atoms with Crippen molar-refractivity contribution in [3.8, 4) is 0 Å². The Bertz CT molecular complexity index is 758. The number of anilines is 1. The van der Waals surface area contributed by atoms with Gasteiger partial charge in [0.2, 0.25) is 0 Å². The Kier molecular flexibility index (Phi) is 4.57. The molecule has 0 atom stereocenters. The van der Waals surface area contributed by atoms with Crippen molar-refractivity contribution in [2.24, 2.45) is 0 Å². The molecule has 124 valence electrons. The average Bonchev–Trinajstić information content (AvgIpc) is 2.57. The molecule has 0 saturated heterocycles. The molecule has 1 aliphatic heterocycles. The SMILES string of the molecule is CN1CCCN(C(=O)c2ccc([N+](=O)[O-])cc2)c2ccccc2C1. The van der Waals surface area contributed by atoms with Crippen LogP contribution in [-0.4, -0.2) is 35.9 Å². The summed E-state index contributed by atoms with van der Waals surface area (Å²) in [5, 5.41) is 10.8. The molecule has 0 N–H and O–H groups in total. The fourth-order valence-corrected chi connectivity index (χ4v) is 2.99. The van der Waals surface area contributed by atoms with Crippen molar-refractivity contribution in [2.75, 3.05) is 25.0 Å². The molecule has 2 aromatic carbocycles. The van der Waals surface area contributed by atoms with Crippen LogP contribution in [-0.2, 0) is 6.54 Å². The normalized spacial score (nSPS) is 15.3. The molecule has 0 unspecified atom stereocenters. The second-order valence-corrected chi connectivity index (χ2v) is 5.98. The van der Waals surface area contributed by atoms with E-state index in [0.29, 0.717) is 12.1 Å². The van der Waals surface area contributed by atoms with Crippen molar-refractivity contribution in [3.05, 3.63) is 69.8 Å². The lowest BCUT2D eigenvalue weighted by molar-refractivity contribution is -0.384. The van der Waals surface area contributed by atoms with Gasteiger partial charge in [0.05, 0.1) is 4.92 Å². The molecular formula is C18H19N3O3. The van der Waals surface area contributed by atoms with E-state index in [4.69, 9.17) is 0 Å². The van der Waals surface area contributed by atoms with Crippen LogP contribution in [0.4, 0.5) is 11.4 Å².